The fraction of sp³-hybridized carbons (Fsp3) is 0.333. The van der Waals surface area contributed by atoms with E-state index in [2.05, 4.69) is 19.7 Å². The minimum atomic E-state index is -0.00000399. The van der Waals surface area contributed by atoms with Crippen LogP contribution in [0.4, 0.5) is 0 Å². The van der Waals surface area contributed by atoms with Gasteiger partial charge in [-0.25, -0.2) is 0 Å². The zero-order valence-corrected chi connectivity index (χ0v) is 12.5. The number of hydrogen-bond donors (Lipinski definition) is 0. The predicted octanol–water partition coefficient (Wildman–Crippen LogP) is 2.90. The van der Waals surface area contributed by atoms with Gasteiger partial charge >= 0.3 is 0 Å². The summed E-state index contributed by atoms with van der Waals surface area (Å²) in [5.41, 5.74) is 11.7. The second-order valence-corrected chi connectivity index (χ2v) is 5.31. The van der Waals surface area contributed by atoms with E-state index in [0.717, 1.165) is 16.6 Å². The second-order valence-electron chi connectivity index (χ2n) is 5.31. The number of pyridine rings is 1. The summed E-state index contributed by atoms with van der Waals surface area (Å²) in [6.45, 7) is 3.07. The van der Waals surface area contributed by atoms with Crippen LogP contribution in [-0.4, -0.2) is 20.9 Å². The van der Waals surface area contributed by atoms with Crippen molar-refractivity contribution in [2.75, 3.05) is 6.54 Å². The van der Waals surface area contributed by atoms with Crippen molar-refractivity contribution in [1.82, 2.24) is 14.3 Å². The van der Waals surface area contributed by atoms with Gasteiger partial charge in [-0.3, -0.25) is 9.48 Å². The van der Waals surface area contributed by atoms with Crippen molar-refractivity contribution in [1.29, 1.82) is 0 Å². The summed E-state index contributed by atoms with van der Waals surface area (Å²) in [5.74, 6) is 0. The summed E-state index contributed by atoms with van der Waals surface area (Å²) in [7, 11) is 1.77. The maximum Gasteiger partial charge on any atom is 0.215 e. The molecular weight excluding hydrogens is 280 g/mol. The Morgan fingerprint density at radius 1 is 1.36 bits per heavy atom. The molecule has 0 aliphatic carbocycles. The van der Waals surface area contributed by atoms with Gasteiger partial charge in [0, 0.05) is 30.4 Å². The highest BCUT2D eigenvalue weighted by Gasteiger charge is 2.14. The third-order valence-electron chi connectivity index (χ3n) is 3.82. The Balaban J connectivity index is 2.28. The van der Waals surface area contributed by atoms with Gasteiger partial charge in [-0.1, -0.05) is 16.7 Å². The number of benzene rings is 1. The maximum atomic E-state index is 12.7. The molecule has 112 valence electrons. The molecule has 0 aliphatic rings. The molecule has 22 heavy (non-hydrogen) atoms. The summed E-state index contributed by atoms with van der Waals surface area (Å²) in [4.78, 5) is 15.5. The van der Waals surface area contributed by atoms with E-state index in [1.54, 1.807) is 17.9 Å². The third kappa shape index (κ3) is 2.21. The molecule has 0 N–H and O–H groups in total. The lowest BCUT2D eigenvalue weighted by molar-refractivity contribution is 0.683. The molecule has 1 aromatic carbocycles. The number of nitrogens with zero attached hydrogens (tertiary/aromatic N) is 6. The Labute approximate surface area is 126 Å². The summed E-state index contributed by atoms with van der Waals surface area (Å²) < 4.78 is 3.69. The third-order valence-corrected chi connectivity index (χ3v) is 3.82. The van der Waals surface area contributed by atoms with Crippen LogP contribution in [0.3, 0.4) is 0 Å². The van der Waals surface area contributed by atoms with Crippen LogP contribution < -0.4 is 5.43 Å². The van der Waals surface area contributed by atoms with Crippen LogP contribution in [0, 0.1) is 6.92 Å². The molecule has 0 unspecified atom stereocenters. The van der Waals surface area contributed by atoms with E-state index in [9.17, 15) is 4.79 Å². The van der Waals surface area contributed by atoms with Crippen LogP contribution in [0.25, 0.3) is 32.4 Å². The molecule has 2 aromatic heterocycles. The highest BCUT2D eigenvalue weighted by Crippen LogP contribution is 2.20. The van der Waals surface area contributed by atoms with Gasteiger partial charge in [0.1, 0.15) is 5.52 Å². The molecule has 2 heterocycles. The van der Waals surface area contributed by atoms with Gasteiger partial charge in [-0.2, -0.15) is 5.10 Å². The standard InChI is InChI=1S/C15H16N6O/c1-10-4-5-12-11(8-10)15(22)14-13(9-18-20(14)2)21(12)7-3-6-17-19-16/h4-5,8-9H,3,6-7H2,1-2H3. The molecule has 0 spiro atoms. The second kappa shape index (κ2) is 5.54. The first kappa shape index (κ1) is 14.2. The van der Waals surface area contributed by atoms with E-state index >= 15 is 0 Å². The van der Waals surface area contributed by atoms with Crippen molar-refractivity contribution in [2.45, 2.75) is 19.9 Å². The Kier molecular flexibility index (Phi) is 3.56. The van der Waals surface area contributed by atoms with Crippen molar-refractivity contribution in [3.63, 3.8) is 0 Å². The zero-order chi connectivity index (χ0) is 15.7. The van der Waals surface area contributed by atoms with E-state index in [1.807, 2.05) is 25.1 Å². The average Bonchev–Trinajstić information content (AvgIpc) is 2.89. The average molecular weight is 296 g/mol. The van der Waals surface area contributed by atoms with Crippen LogP contribution >= 0.6 is 0 Å². The van der Waals surface area contributed by atoms with Crippen LogP contribution in [0.15, 0.2) is 34.3 Å². The van der Waals surface area contributed by atoms with Crippen LogP contribution in [0.1, 0.15) is 12.0 Å². The molecule has 7 nitrogen and oxygen atoms in total. The summed E-state index contributed by atoms with van der Waals surface area (Å²) in [6.07, 6.45) is 2.42. The van der Waals surface area contributed by atoms with Crippen molar-refractivity contribution in [2.24, 2.45) is 12.2 Å². The molecule has 0 fully saturated rings. The molecule has 7 heteroatoms. The first-order valence-corrected chi connectivity index (χ1v) is 7.09. The largest absolute Gasteiger partial charge is 0.338 e. The normalized spacial score (nSPS) is 11.0. The number of rotatable bonds is 4. The summed E-state index contributed by atoms with van der Waals surface area (Å²) in [6, 6.07) is 5.87. The lowest BCUT2D eigenvalue weighted by Gasteiger charge is -2.13. The van der Waals surface area contributed by atoms with Gasteiger partial charge in [0.15, 0.2) is 0 Å². The van der Waals surface area contributed by atoms with Gasteiger partial charge in [-0.15, -0.1) is 0 Å². The molecule has 0 saturated heterocycles. The van der Waals surface area contributed by atoms with E-state index in [-0.39, 0.29) is 5.43 Å². The lowest BCUT2D eigenvalue weighted by Crippen LogP contribution is -2.13. The van der Waals surface area contributed by atoms with Gasteiger partial charge in [0.2, 0.25) is 5.43 Å². The number of aromatic nitrogens is 3. The molecule has 0 amide bonds. The van der Waals surface area contributed by atoms with Crippen LogP contribution in [0.5, 0.6) is 0 Å². The SMILES string of the molecule is Cc1ccc2c(c1)c(=O)c1c(cnn1C)n2CCCN=[N+]=[N-]. The Morgan fingerprint density at radius 2 is 2.18 bits per heavy atom. The van der Waals surface area contributed by atoms with E-state index in [4.69, 9.17) is 5.53 Å². The number of azide groups is 1. The first-order valence-electron chi connectivity index (χ1n) is 7.09. The molecule has 0 aliphatic heterocycles. The molecular formula is C15H16N6O. The molecule has 0 saturated carbocycles. The van der Waals surface area contributed by atoms with E-state index < -0.39 is 0 Å². The van der Waals surface area contributed by atoms with E-state index in [1.165, 1.54) is 0 Å². The highest BCUT2D eigenvalue weighted by atomic mass is 16.1. The Hall–Kier alpha value is -2.79. The van der Waals surface area contributed by atoms with Crippen molar-refractivity contribution in [3.05, 3.63) is 50.6 Å². The van der Waals surface area contributed by atoms with Crippen molar-refractivity contribution < 1.29 is 0 Å². The Morgan fingerprint density at radius 3 is 2.95 bits per heavy atom. The first-order chi connectivity index (χ1) is 10.6. The minimum Gasteiger partial charge on any atom is -0.338 e. The van der Waals surface area contributed by atoms with Crippen molar-refractivity contribution in [3.8, 4) is 0 Å². The van der Waals surface area contributed by atoms with Crippen LogP contribution in [-0.2, 0) is 13.6 Å². The Bertz CT molecular complexity index is 961. The van der Waals surface area contributed by atoms with Crippen molar-refractivity contribution >= 4 is 21.9 Å². The minimum absolute atomic E-state index is 0.00000399. The van der Waals surface area contributed by atoms with E-state index in [0.29, 0.717) is 30.4 Å². The molecule has 0 bridgehead atoms. The quantitative estimate of drug-likeness (QED) is 0.320. The van der Waals surface area contributed by atoms with Gasteiger partial charge in [0.25, 0.3) is 0 Å². The fourth-order valence-electron chi connectivity index (χ4n) is 2.80. The highest BCUT2D eigenvalue weighted by molar-refractivity contribution is 5.92. The topological polar surface area (TPSA) is 88.6 Å². The zero-order valence-electron chi connectivity index (χ0n) is 12.5. The monoisotopic (exact) mass is 296 g/mol. The number of aryl methyl sites for hydroxylation is 3. The predicted molar refractivity (Wildman–Crippen MR) is 85.8 cm³/mol. The molecule has 3 rings (SSSR count). The molecule has 0 radical (unpaired) electrons. The smallest absolute Gasteiger partial charge is 0.215 e. The lowest BCUT2D eigenvalue weighted by atomic mass is 10.1. The summed E-state index contributed by atoms with van der Waals surface area (Å²) in [5, 5.41) is 8.48. The molecule has 0 atom stereocenters. The van der Waals surface area contributed by atoms with Gasteiger partial charge in [-0.05, 0) is 31.0 Å². The molecule has 3 aromatic rings. The number of fused-ring (bicyclic) bond motifs is 2. The van der Waals surface area contributed by atoms with Crippen LogP contribution in [0.2, 0.25) is 0 Å². The van der Waals surface area contributed by atoms with Gasteiger partial charge in [0.05, 0.1) is 17.2 Å². The fourth-order valence-corrected chi connectivity index (χ4v) is 2.80. The maximum absolute atomic E-state index is 12.7. The summed E-state index contributed by atoms with van der Waals surface area (Å²) >= 11 is 0. The number of hydrogen-bond acceptors (Lipinski definition) is 3. The van der Waals surface area contributed by atoms with Gasteiger partial charge < -0.3 is 4.57 Å².